The summed E-state index contributed by atoms with van der Waals surface area (Å²) in [6, 6.07) is 1.87. The van der Waals surface area contributed by atoms with Gasteiger partial charge in [-0.25, -0.2) is 9.97 Å². The zero-order valence-electron chi connectivity index (χ0n) is 11.1. The summed E-state index contributed by atoms with van der Waals surface area (Å²) in [4.78, 5) is 9.10. The normalized spacial score (nSPS) is 12.7. The van der Waals surface area contributed by atoms with Crippen LogP contribution in [0.25, 0.3) is 11.4 Å². The van der Waals surface area contributed by atoms with Crippen LogP contribution in [0.15, 0.2) is 23.0 Å². The van der Waals surface area contributed by atoms with Gasteiger partial charge >= 0.3 is 0 Å². The van der Waals surface area contributed by atoms with Crippen molar-refractivity contribution in [3.63, 3.8) is 0 Å². The molecule has 0 aliphatic carbocycles. The van der Waals surface area contributed by atoms with Gasteiger partial charge in [0.1, 0.15) is 6.26 Å². The molecule has 1 unspecified atom stereocenters. The lowest BCUT2D eigenvalue weighted by Crippen LogP contribution is -2.15. The maximum Gasteiger partial charge on any atom is 0.162 e. The van der Waals surface area contributed by atoms with Crippen molar-refractivity contribution in [2.75, 3.05) is 6.54 Å². The first-order valence-electron chi connectivity index (χ1n) is 6.18. The number of aromatic nitrogens is 2. The van der Waals surface area contributed by atoms with Crippen LogP contribution < -0.4 is 5.73 Å². The van der Waals surface area contributed by atoms with Gasteiger partial charge in [0, 0.05) is 11.4 Å². The molecule has 0 fully saturated rings. The van der Waals surface area contributed by atoms with Crippen molar-refractivity contribution in [1.29, 1.82) is 0 Å². The summed E-state index contributed by atoms with van der Waals surface area (Å²) in [5.74, 6) is 1.17. The number of nitrogens with zero attached hydrogens (tertiary/aromatic N) is 2. The first-order valence-corrected chi connectivity index (χ1v) is 6.18. The van der Waals surface area contributed by atoms with E-state index in [4.69, 9.17) is 10.2 Å². The summed E-state index contributed by atoms with van der Waals surface area (Å²) in [5.41, 5.74) is 9.85. The Morgan fingerprint density at radius 2 is 1.94 bits per heavy atom. The number of rotatable bonds is 4. The number of furan rings is 1. The minimum Gasteiger partial charge on any atom is -0.472 e. The number of nitrogens with two attached hydrogens (primary N) is 1. The summed E-state index contributed by atoms with van der Waals surface area (Å²) in [6.07, 6.45) is 4.23. The van der Waals surface area contributed by atoms with Gasteiger partial charge < -0.3 is 10.2 Å². The summed E-state index contributed by atoms with van der Waals surface area (Å²) in [5, 5.41) is 0. The van der Waals surface area contributed by atoms with Crippen LogP contribution >= 0.6 is 0 Å². The predicted octanol–water partition coefficient (Wildman–Crippen LogP) is 2.49. The SMILES string of the molecule is Cc1nc(-c2ccoc2)nc(C)c1CC(C)CN. The fourth-order valence-electron chi connectivity index (χ4n) is 1.99. The van der Waals surface area contributed by atoms with Crippen molar-refractivity contribution in [3.05, 3.63) is 35.5 Å². The molecular formula is C14H19N3O. The molecule has 2 N–H and O–H groups in total. The van der Waals surface area contributed by atoms with Crippen molar-refractivity contribution in [2.45, 2.75) is 27.2 Å². The molecule has 0 bridgehead atoms. The second-order valence-corrected chi connectivity index (χ2v) is 4.75. The third kappa shape index (κ3) is 2.59. The molecule has 0 saturated heterocycles. The molecule has 1 atom stereocenters. The Labute approximate surface area is 107 Å². The Balaban J connectivity index is 2.35. The average molecular weight is 245 g/mol. The van der Waals surface area contributed by atoms with E-state index in [1.165, 1.54) is 5.56 Å². The van der Waals surface area contributed by atoms with E-state index >= 15 is 0 Å². The second-order valence-electron chi connectivity index (χ2n) is 4.75. The summed E-state index contributed by atoms with van der Waals surface area (Å²) < 4.78 is 5.06. The molecule has 96 valence electrons. The highest BCUT2D eigenvalue weighted by atomic mass is 16.3. The minimum atomic E-state index is 0.450. The molecule has 4 heteroatoms. The van der Waals surface area contributed by atoms with Crippen LogP contribution in [0.4, 0.5) is 0 Å². The van der Waals surface area contributed by atoms with Gasteiger partial charge in [0.25, 0.3) is 0 Å². The zero-order chi connectivity index (χ0) is 13.1. The molecule has 0 radical (unpaired) electrons. The van der Waals surface area contributed by atoms with Crippen LogP contribution in [0.1, 0.15) is 23.9 Å². The van der Waals surface area contributed by atoms with Crippen LogP contribution in [0.3, 0.4) is 0 Å². The van der Waals surface area contributed by atoms with Gasteiger partial charge in [0.15, 0.2) is 5.82 Å². The second kappa shape index (κ2) is 5.31. The molecule has 2 rings (SSSR count). The molecule has 18 heavy (non-hydrogen) atoms. The van der Waals surface area contributed by atoms with Crippen molar-refractivity contribution in [2.24, 2.45) is 11.7 Å². The molecular weight excluding hydrogens is 226 g/mol. The van der Waals surface area contributed by atoms with Gasteiger partial charge in [-0.2, -0.15) is 0 Å². The van der Waals surface area contributed by atoms with E-state index in [9.17, 15) is 0 Å². The lowest BCUT2D eigenvalue weighted by molar-refractivity contribution is 0.567. The van der Waals surface area contributed by atoms with Crippen molar-refractivity contribution in [1.82, 2.24) is 9.97 Å². The lowest BCUT2D eigenvalue weighted by Gasteiger charge is -2.13. The highest BCUT2D eigenvalue weighted by molar-refractivity contribution is 5.53. The molecule has 4 nitrogen and oxygen atoms in total. The van der Waals surface area contributed by atoms with Crippen LogP contribution in [-0.2, 0) is 6.42 Å². The van der Waals surface area contributed by atoms with Gasteiger partial charge in [0.05, 0.1) is 11.8 Å². The number of hydrogen-bond acceptors (Lipinski definition) is 4. The third-order valence-corrected chi connectivity index (χ3v) is 3.16. The van der Waals surface area contributed by atoms with Gasteiger partial charge in [-0.1, -0.05) is 6.92 Å². The molecule has 0 amide bonds. The largest absolute Gasteiger partial charge is 0.472 e. The minimum absolute atomic E-state index is 0.450. The topological polar surface area (TPSA) is 64.9 Å². The average Bonchev–Trinajstić information content (AvgIpc) is 2.87. The fraction of sp³-hybridized carbons (Fsp3) is 0.429. The molecule has 0 aromatic carbocycles. The molecule has 2 aromatic rings. The van der Waals surface area contributed by atoms with Gasteiger partial charge in [-0.15, -0.1) is 0 Å². The van der Waals surface area contributed by atoms with E-state index in [1.54, 1.807) is 12.5 Å². The molecule has 0 aliphatic heterocycles. The Morgan fingerprint density at radius 3 is 2.44 bits per heavy atom. The smallest absolute Gasteiger partial charge is 0.162 e. The van der Waals surface area contributed by atoms with E-state index in [0.29, 0.717) is 12.5 Å². The lowest BCUT2D eigenvalue weighted by atomic mass is 9.99. The summed E-state index contributed by atoms with van der Waals surface area (Å²) in [6.45, 7) is 6.87. The zero-order valence-corrected chi connectivity index (χ0v) is 11.1. The maximum absolute atomic E-state index is 5.67. The maximum atomic E-state index is 5.67. The van der Waals surface area contributed by atoms with E-state index in [0.717, 1.165) is 29.2 Å². The number of hydrogen-bond donors (Lipinski definition) is 1. The first-order chi connectivity index (χ1) is 8.61. The summed E-state index contributed by atoms with van der Waals surface area (Å²) >= 11 is 0. The van der Waals surface area contributed by atoms with Crippen molar-refractivity contribution < 1.29 is 4.42 Å². The highest BCUT2D eigenvalue weighted by Crippen LogP contribution is 2.20. The quantitative estimate of drug-likeness (QED) is 0.898. The van der Waals surface area contributed by atoms with Gasteiger partial charge in [-0.05, 0) is 44.4 Å². The van der Waals surface area contributed by atoms with E-state index < -0.39 is 0 Å². The van der Waals surface area contributed by atoms with Gasteiger partial charge in [0.2, 0.25) is 0 Å². The van der Waals surface area contributed by atoms with Crippen LogP contribution in [-0.4, -0.2) is 16.5 Å². The first kappa shape index (κ1) is 12.8. The summed E-state index contributed by atoms with van der Waals surface area (Å²) in [7, 11) is 0. The highest BCUT2D eigenvalue weighted by Gasteiger charge is 2.12. The van der Waals surface area contributed by atoms with Crippen molar-refractivity contribution >= 4 is 0 Å². The molecule has 2 heterocycles. The van der Waals surface area contributed by atoms with E-state index in [1.807, 2.05) is 19.9 Å². The Morgan fingerprint density at radius 1 is 1.28 bits per heavy atom. The molecule has 0 saturated carbocycles. The molecule has 0 aliphatic rings. The van der Waals surface area contributed by atoms with E-state index in [-0.39, 0.29) is 0 Å². The van der Waals surface area contributed by atoms with E-state index in [2.05, 4.69) is 16.9 Å². The molecule has 2 aromatic heterocycles. The third-order valence-electron chi connectivity index (χ3n) is 3.16. The Kier molecular flexibility index (Phi) is 3.77. The monoisotopic (exact) mass is 245 g/mol. The molecule has 0 spiro atoms. The Bertz CT molecular complexity index is 497. The predicted molar refractivity (Wildman–Crippen MR) is 71.1 cm³/mol. The number of aryl methyl sites for hydroxylation is 2. The van der Waals surface area contributed by atoms with Gasteiger partial charge in [-0.3, -0.25) is 0 Å². The van der Waals surface area contributed by atoms with Crippen molar-refractivity contribution in [3.8, 4) is 11.4 Å². The van der Waals surface area contributed by atoms with Crippen LogP contribution in [0, 0.1) is 19.8 Å². The standard InChI is InChI=1S/C14H19N3O/c1-9(7-15)6-13-10(2)16-14(17-11(13)3)12-4-5-18-8-12/h4-5,8-9H,6-7,15H2,1-3H3. The fourth-order valence-corrected chi connectivity index (χ4v) is 1.99. The Hall–Kier alpha value is -1.68. The van der Waals surface area contributed by atoms with Crippen LogP contribution in [0.5, 0.6) is 0 Å². The van der Waals surface area contributed by atoms with Crippen LogP contribution in [0.2, 0.25) is 0 Å².